The van der Waals surface area contributed by atoms with Gasteiger partial charge in [-0.25, -0.2) is 5.43 Å². The lowest BCUT2D eigenvalue weighted by molar-refractivity contribution is -0.118. The van der Waals surface area contributed by atoms with Crippen molar-refractivity contribution in [3.63, 3.8) is 0 Å². The lowest BCUT2D eigenvalue weighted by Gasteiger charge is -2.11. The van der Waals surface area contributed by atoms with Crippen LogP contribution in [0.4, 0.5) is 0 Å². The molecular formula is C28H24N6O3S. The molecule has 0 aliphatic heterocycles. The summed E-state index contributed by atoms with van der Waals surface area (Å²) in [5.74, 6) is 1.18. The summed E-state index contributed by atoms with van der Waals surface area (Å²) in [4.78, 5) is 16.8. The maximum absolute atomic E-state index is 12.6. The van der Waals surface area contributed by atoms with Crippen LogP contribution in [0.1, 0.15) is 12.5 Å². The summed E-state index contributed by atoms with van der Waals surface area (Å²) in [5.41, 5.74) is 4.68. The first-order valence-electron chi connectivity index (χ1n) is 11.9. The number of hydrogen-bond acceptors (Lipinski definition) is 8. The minimum atomic E-state index is -0.324. The number of ether oxygens (including phenoxy) is 1. The number of amides is 1. The summed E-state index contributed by atoms with van der Waals surface area (Å²) in [6, 6.07) is 22.4. The van der Waals surface area contributed by atoms with E-state index in [9.17, 15) is 9.90 Å². The first-order valence-corrected chi connectivity index (χ1v) is 12.9. The first-order chi connectivity index (χ1) is 18.6. The predicted molar refractivity (Wildman–Crippen MR) is 148 cm³/mol. The van der Waals surface area contributed by atoms with E-state index in [2.05, 4.69) is 25.7 Å². The number of aromatic nitrogens is 4. The van der Waals surface area contributed by atoms with Gasteiger partial charge in [0.25, 0.3) is 5.91 Å². The molecule has 0 saturated carbocycles. The van der Waals surface area contributed by atoms with Crippen LogP contribution < -0.4 is 10.2 Å². The molecule has 0 radical (unpaired) electrons. The fourth-order valence-electron chi connectivity index (χ4n) is 3.89. The van der Waals surface area contributed by atoms with Crippen molar-refractivity contribution in [1.29, 1.82) is 0 Å². The van der Waals surface area contributed by atoms with Crippen molar-refractivity contribution < 1.29 is 14.6 Å². The molecule has 2 N–H and O–H groups in total. The normalized spacial score (nSPS) is 11.2. The molecule has 0 fully saturated rings. The Morgan fingerprint density at radius 1 is 1.08 bits per heavy atom. The van der Waals surface area contributed by atoms with Crippen molar-refractivity contribution in [1.82, 2.24) is 25.2 Å². The van der Waals surface area contributed by atoms with Gasteiger partial charge in [0.2, 0.25) is 0 Å². The van der Waals surface area contributed by atoms with E-state index in [4.69, 9.17) is 4.74 Å². The topological polar surface area (TPSA) is 115 Å². The molecule has 0 spiro atoms. The smallest absolute Gasteiger partial charge is 0.250 e. The molecule has 1 amide bonds. The summed E-state index contributed by atoms with van der Waals surface area (Å²) >= 11 is 1.23. The van der Waals surface area contributed by atoms with Crippen LogP contribution in [-0.4, -0.2) is 49.3 Å². The van der Waals surface area contributed by atoms with Gasteiger partial charge < -0.3 is 9.84 Å². The fourth-order valence-corrected chi connectivity index (χ4v) is 4.63. The molecule has 3 aromatic carbocycles. The zero-order valence-electron chi connectivity index (χ0n) is 20.5. The molecule has 190 valence electrons. The number of hydrogen-bond donors (Lipinski definition) is 2. The monoisotopic (exact) mass is 524 g/mol. The van der Waals surface area contributed by atoms with Crippen LogP contribution in [0.5, 0.6) is 11.5 Å². The number of nitrogens with one attached hydrogen (secondary N) is 1. The average molecular weight is 525 g/mol. The standard InChI is InChI=1S/C28H24N6O3S/c1-2-37-22-12-10-21(11-13-22)34-27(20-7-5-15-29-16-20)32-33-28(34)38-18-26(36)31-30-17-24-23-8-4-3-6-19(23)9-14-25(24)35/h3-17,35H,2,18H2,1H3,(H,31,36)/b30-17+. The largest absolute Gasteiger partial charge is 0.507 e. The molecular weight excluding hydrogens is 500 g/mol. The van der Waals surface area contributed by atoms with E-state index in [-0.39, 0.29) is 17.4 Å². The number of phenolic OH excluding ortho intramolecular Hbond substituents is 1. The molecule has 0 aliphatic rings. The third kappa shape index (κ3) is 5.50. The Kier molecular flexibility index (Phi) is 7.60. The SMILES string of the molecule is CCOc1ccc(-n2c(SCC(=O)N/N=C/c3c(O)ccc4ccccc34)nnc2-c2cccnc2)cc1. The number of thioether (sulfide) groups is 1. The van der Waals surface area contributed by atoms with E-state index in [1.54, 1.807) is 18.5 Å². The molecule has 2 heterocycles. The van der Waals surface area contributed by atoms with E-state index >= 15 is 0 Å². The highest BCUT2D eigenvalue weighted by atomic mass is 32.2. The lowest BCUT2D eigenvalue weighted by atomic mass is 10.0. The average Bonchev–Trinajstić information content (AvgIpc) is 3.38. The van der Waals surface area contributed by atoms with Crippen LogP contribution in [0, 0.1) is 0 Å². The van der Waals surface area contributed by atoms with Crippen molar-refractivity contribution in [3.8, 4) is 28.6 Å². The van der Waals surface area contributed by atoms with Crippen LogP contribution in [0.25, 0.3) is 27.8 Å². The second-order valence-corrected chi connectivity index (χ2v) is 9.05. The molecule has 0 atom stereocenters. The zero-order chi connectivity index (χ0) is 26.3. The highest BCUT2D eigenvalue weighted by Gasteiger charge is 2.17. The number of nitrogens with zero attached hydrogens (tertiary/aromatic N) is 5. The molecule has 0 aliphatic carbocycles. The maximum atomic E-state index is 12.6. The molecule has 5 aromatic rings. The number of carbonyl (C=O) groups is 1. The van der Waals surface area contributed by atoms with Crippen molar-refractivity contribution >= 4 is 34.7 Å². The van der Waals surface area contributed by atoms with Crippen LogP contribution in [0.3, 0.4) is 0 Å². The van der Waals surface area contributed by atoms with E-state index in [1.165, 1.54) is 18.0 Å². The highest BCUT2D eigenvalue weighted by molar-refractivity contribution is 7.99. The fraction of sp³-hybridized carbons (Fsp3) is 0.107. The van der Waals surface area contributed by atoms with Gasteiger partial charge in [0.1, 0.15) is 11.5 Å². The van der Waals surface area contributed by atoms with Crippen LogP contribution >= 0.6 is 11.8 Å². The summed E-state index contributed by atoms with van der Waals surface area (Å²) in [6.45, 7) is 2.51. The summed E-state index contributed by atoms with van der Waals surface area (Å²) < 4.78 is 7.44. The number of fused-ring (bicyclic) bond motifs is 1. The van der Waals surface area contributed by atoms with Gasteiger partial charge in [-0.3, -0.25) is 14.3 Å². The number of pyridine rings is 1. The summed E-state index contributed by atoms with van der Waals surface area (Å²) in [6.07, 6.45) is 4.86. The second kappa shape index (κ2) is 11.6. The minimum absolute atomic E-state index is 0.0566. The molecule has 38 heavy (non-hydrogen) atoms. The maximum Gasteiger partial charge on any atom is 0.250 e. The molecule has 0 saturated heterocycles. The Morgan fingerprint density at radius 3 is 2.71 bits per heavy atom. The quantitative estimate of drug-likeness (QED) is 0.161. The Hall–Kier alpha value is -4.70. The molecule has 9 nitrogen and oxygen atoms in total. The first kappa shape index (κ1) is 25.0. The molecule has 10 heteroatoms. The van der Waals surface area contributed by atoms with Gasteiger partial charge >= 0.3 is 0 Å². The highest BCUT2D eigenvalue weighted by Crippen LogP contribution is 2.29. The Bertz CT molecular complexity index is 1590. The van der Waals surface area contributed by atoms with Gasteiger partial charge in [-0.1, -0.05) is 42.1 Å². The van der Waals surface area contributed by atoms with E-state index in [1.807, 2.05) is 78.2 Å². The van der Waals surface area contributed by atoms with Crippen molar-refractivity contribution in [2.75, 3.05) is 12.4 Å². The van der Waals surface area contributed by atoms with Gasteiger partial charge in [-0.2, -0.15) is 5.10 Å². The number of carbonyl (C=O) groups excluding carboxylic acids is 1. The van der Waals surface area contributed by atoms with Gasteiger partial charge in [-0.05, 0) is 60.2 Å². The van der Waals surface area contributed by atoms with E-state index in [0.717, 1.165) is 27.8 Å². The van der Waals surface area contributed by atoms with Gasteiger partial charge in [0.15, 0.2) is 11.0 Å². The molecule has 5 rings (SSSR count). The Balaban J connectivity index is 1.33. The van der Waals surface area contributed by atoms with Crippen molar-refractivity contribution in [2.24, 2.45) is 5.10 Å². The number of rotatable bonds is 9. The van der Waals surface area contributed by atoms with Crippen molar-refractivity contribution in [3.05, 3.63) is 90.8 Å². The van der Waals surface area contributed by atoms with Crippen LogP contribution in [0.15, 0.2) is 95.4 Å². The Labute approximate surface area is 223 Å². The minimum Gasteiger partial charge on any atom is -0.507 e. The summed E-state index contributed by atoms with van der Waals surface area (Å²) in [5, 5.41) is 25.4. The molecule has 0 bridgehead atoms. The predicted octanol–water partition coefficient (Wildman–Crippen LogP) is 4.83. The zero-order valence-corrected chi connectivity index (χ0v) is 21.3. The molecule has 2 aromatic heterocycles. The van der Waals surface area contributed by atoms with Gasteiger partial charge in [-0.15, -0.1) is 10.2 Å². The van der Waals surface area contributed by atoms with E-state index in [0.29, 0.717) is 23.2 Å². The Morgan fingerprint density at radius 2 is 1.92 bits per heavy atom. The summed E-state index contributed by atoms with van der Waals surface area (Å²) in [7, 11) is 0. The third-order valence-corrected chi connectivity index (χ3v) is 6.55. The number of hydrazone groups is 1. The number of aromatic hydroxyl groups is 1. The number of phenols is 1. The van der Waals surface area contributed by atoms with E-state index < -0.39 is 0 Å². The third-order valence-electron chi connectivity index (χ3n) is 5.62. The van der Waals surface area contributed by atoms with Gasteiger partial charge in [0, 0.05) is 29.2 Å². The van der Waals surface area contributed by atoms with Crippen molar-refractivity contribution in [2.45, 2.75) is 12.1 Å². The number of benzene rings is 3. The van der Waals surface area contributed by atoms with Gasteiger partial charge in [0.05, 0.1) is 18.6 Å². The molecule has 0 unspecified atom stereocenters. The van der Waals surface area contributed by atoms with Crippen LogP contribution in [0.2, 0.25) is 0 Å². The lowest BCUT2D eigenvalue weighted by Crippen LogP contribution is -2.20. The second-order valence-electron chi connectivity index (χ2n) is 8.11. The van der Waals surface area contributed by atoms with Crippen LogP contribution in [-0.2, 0) is 4.79 Å².